The number of benzene rings is 1. The molecule has 1 aliphatic rings. The number of hydrogen-bond acceptors (Lipinski definition) is 2. The summed E-state index contributed by atoms with van der Waals surface area (Å²) in [5, 5.41) is 3.56. The highest BCUT2D eigenvalue weighted by Crippen LogP contribution is 2.22. The third-order valence-electron chi connectivity index (χ3n) is 3.41. The van der Waals surface area contributed by atoms with Gasteiger partial charge in [0.15, 0.2) is 0 Å². The largest absolute Gasteiger partial charge is 0.310 e. The molecule has 1 aromatic carbocycles. The minimum absolute atomic E-state index is 0.714. The van der Waals surface area contributed by atoms with Gasteiger partial charge in [0, 0.05) is 30.1 Å². The highest BCUT2D eigenvalue weighted by molar-refractivity contribution is 9.10. The van der Waals surface area contributed by atoms with Crippen molar-refractivity contribution in [3.63, 3.8) is 0 Å². The van der Waals surface area contributed by atoms with Crippen molar-refractivity contribution in [2.45, 2.75) is 45.8 Å². The predicted octanol–water partition coefficient (Wildman–Crippen LogP) is 3.79. The summed E-state index contributed by atoms with van der Waals surface area (Å²) in [7, 11) is 2.19. The van der Waals surface area contributed by atoms with Crippen LogP contribution in [-0.2, 0) is 13.1 Å². The average Bonchev–Trinajstić information content (AvgIpc) is 3.12. The maximum Gasteiger partial charge on any atom is 0.0242 e. The molecule has 0 amide bonds. The van der Waals surface area contributed by atoms with E-state index in [1.165, 1.54) is 28.4 Å². The molecule has 0 aromatic heterocycles. The number of nitrogens with one attached hydrogen (secondary N) is 1. The quantitative estimate of drug-likeness (QED) is 0.820. The Balaban J connectivity index is 1.89. The zero-order chi connectivity index (χ0) is 13.8. The zero-order valence-electron chi connectivity index (χ0n) is 12.2. The summed E-state index contributed by atoms with van der Waals surface area (Å²) in [4.78, 5) is 2.38. The molecule has 106 valence electrons. The Kier molecular flexibility index (Phi) is 5.43. The molecule has 1 saturated carbocycles. The molecule has 2 nitrogen and oxygen atoms in total. The van der Waals surface area contributed by atoms with Crippen LogP contribution in [-0.4, -0.2) is 24.5 Å². The molecule has 0 aliphatic heterocycles. The van der Waals surface area contributed by atoms with Crippen LogP contribution in [0.3, 0.4) is 0 Å². The summed E-state index contributed by atoms with van der Waals surface area (Å²) < 4.78 is 1.23. The van der Waals surface area contributed by atoms with Gasteiger partial charge in [-0.25, -0.2) is 0 Å². The summed E-state index contributed by atoms with van der Waals surface area (Å²) in [5.74, 6) is 0.714. The molecule has 3 heteroatoms. The number of rotatable bonds is 7. The summed E-state index contributed by atoms with van der Waals surface area (Å²) in [6, 6.07) is 7.54. The van der Waals surface area contributed by atoms with Crippen molar-refractivity contribution in [2.75, 3.05) is 13.6 Å². The van der Waals surface area contributed by atoms with Gasteiger partial charge >= 0.3 is 0 Å². The molecule has 0 bridgehead atoms. The maximum absolute atomic E-state index is 3.71. The number of hydrogen-bond donors (Lipinski definition) is 1. The van der Waals surface area contributed by atoms with E-state index in [1.54, 1.807) is 0 Å². The van der Waals surface area contributed by atoms with Gasteiger partial charge in [0.1, 0.15) is 0 Å². The first-order valence-corrected chi connectivity index (χ1v) is 8.03. The van der Waals surface area contributed by atoms with E-state index in [-0.39, 0.29) is 0 Å². The van der Waals surface area contributed by atoms with E-state index in [2.05, 4.69) is 65.2 Å². The second-order valence-electron chi connectivity index (χ2n) is 6.17. The third-order valence-corrected chi connectivity index (χ3v) is 4.14. The molecular weight excluding hydrogens is 300 g/mol. The SMILES string of the molecule is CC(C)CN(C)Cc1ccc(CNC2CC2)cc1Br. The Morgan fingerprint density at radius 2 is 2.11 bits per heavy atom. The topological polar surface area (TPSA) is 15.3 Å². The van der Waals surface area contributed by atoms with Crippen LogP contribution in [0.15, 0.2) is 22.7 Å². The molecule has 0 atom stereocenters. The Labute approximate surface area is 125 Å². The lowest BCUT2D eigenvalue weighted by Crippen LogP contribution is -2.23. The Morgan fingerprint density at radius 3 is 2.68 bits per heavy atom. The lowest BCUT2D eigenvalue weighted by atomic mass is 10.1. The van der Waals surface area contributed by atoms with Gasteiger partial charge in [0.25, 0.3) is 0 Å². The molecule has 0 heterocycles. The van der Waals surface area contributed by atoms with Crippen LogP contribution in [0.5, 0.6) is 0 Å². The summed E-state index contributed by atoms with van der Waals surface area (Å²) in [6.45, 7) is 7.66. The van der Waals surface area contributed by atoms with Gasteiger partial charge in [-0.2, -0.15) is 0 Å². The van der Waals surface area contributed by atoms with Crippen molar-refractivity contribution in [1.29, 1.82) is 0 Å². The second-order valence-corrected chi connectivity index (χ2v) is 7.03. The minimum atomic E-state index is 0.714. The molecule has 1 aromatic rings. The van der Waals surface area contributed by atoms with Crippen molar-refractivity contribution in [3.05, 3.63) is 33.8 Å². The minimum Gasteiger partial charge on any atom is -0.310 e. The van der Waals surface area contributed by atoms with Crippen LogP contribution in [0.25, 0.3) is 0 Å². The summed E-state index contributed by atoms with van der Waals surface area (Å²) in [6.07, 6.45) is 2.69. The van der Waals surface area contributed by atoms with E-state index in [1.807, 2.05) is 0 Å². The molecule has 19 heavy (non-hydrogen) atoms. The van der Waals surface area contributed by atoms with Gasteiger partial charge < -0.3 is 10.2 Å². The molecule has 0 spiro atoms. The normalized spacial score (nSPS) is 15.5. The molecular formula is C16H25BrN2. The fourth-order valence-corrected chi connectivity index (χ4v) is 2.91. The van der Waals surface area contributed by atoms with Crippen LogP contribution < -0.4 is 5.32 Å². The van der Waals surface area contributed by atoms with E-state index in [0.29, 0.717) is 5.92 Å². The van der Waals surface area contributed by atoms with Crippen molar-refractivity contribution in [2.24, 2.45) is 5.92 Å². The van der Waals surface area contributed by atoms with Gasteiger partial charge in [0.2, 0.25) is 0 Å². The maximum atomic E-state index is 3.71. The van der Waals surface area contributed by atoms with E-state index >= 15 is 0 Å². The Hall–Kier alpha value is -0.380. The summed E-state index contributed by atoms with van der Waals surface area (Å²) >= 11 is 3.71. The second kappa shape index (κ2) is 6.87. The van der Waals surface area contributed by atoms with Gasteiger partial charge in [-0.15, -0.1) is 0 Å². The smallest absolute Gasteiger partial charge is 0.0242 e. The van der Waals surface area contributed by atoms with E-state index in [0.717, 1.165) is 25.7 Å². The van der Waals surface area contributed by atoms with E-state index in [9.17, 15) is 0 Å². The first-order chi connectivity index (χ1) is 9.04. The zero-order valence-corrected chi connectivity index (χ0v) is 13.8. The lowest BCUT2D eigenvalue weighted by molar-refractivity contribution is 0.288. The molecule has 0 unspecified atom stereocenters. The molecule has 2 rings (SSSR count). The highest BCUT2D eigenvalue weighted by atomic mass is 79.9. The standard InChI is InChI=1S/C16H25BrN2/c1-12(2)10-19(3)11-14-5-4-13(8-16(14)17)9-18-15-6-7-15/h4-5,8,12,15,18H,6-7,9-11H2,1-3H3. The van der Waals surface area contributed by atoms with Crippen molar-refractivity contribution in [3.8, 4) is 0 Å². The first kappa shape index (κ1) is 15.0. The predicted molar refractivity (Wildman–Crippen MR) is 85.2 cm³/mol. The average molecular weight is 325 g/mol. The first-order valence-electron chi connectivity index (χ1n) is 7.24. The summed E-state index contributed by atoms with van der Waals surface area (Å²) in [5.41, 5.74) is 2.74. The van der Waals surface area contributed by atoms with E-state index in [4.69, 9.17) is 0 Å². The van der Waals surface area contributed by atoms with Gasteiger partial charge in [0.05, 0.1) is 0 Å². The highest BCUT2D eigenvalue weighted by Gasteiger charge is 2.20. The number of nitrogens with zero attached hydrogens (tertiary/aromatic N) is 1. The van der Waals surface area contributed by atoms with Crippen LogP contribution in [0, 0.1) is 5.92 Å². The third kappa shape index (κ3) is 5.25. The van der Waals surface area contributed by atoms with Crippen LogP contribution in [0.1, 0.15) is 37.8 Å². The molecule has 1 aliphatic carbocycles. The van der Waals surface area contributed by atoms with Crippen LogP contribution in [0.2, 0.25) is 0 Å². The van der Waals surface area contributed by atoms with Crippen LogP contribution >= 0.6 is 15.9 Å². The Bertz CT molecular complexity index is 413. The van der Waals surface area contributed by atoms with Crippen molar-refractivity contribution < 1.29 is 0 Å². The van der Waals surface area contributed by atoms with Crippen LogP contribution in [0.4, 0.5) is 0 Å². The monoisotopic (exact) mass is 324 g/mol. The van der Waals surface area contributed by atoms with E-state index < -0.39 is 0 Å². The molecule has 1 N–H and O–H groups in total. The van der Waals surface area contributed by atoms with Gasteiger partial charge in [-0.05, 0) is 43.0 Å². The number of halogens is 1. The fourth-order valence-electron chi connectivity index (χ4n) is 2.36. The molecule has 1 fully saturated rings. The molecule has 0 radical (unpaired) electrons. The Morgan fingerprint density at radius 1 is 1.37 bits per heavy atom. The molecule has 0 saturated heterocycles. The van der Waals surface area contributed by atoms with Crippen molar-refractivity contribution >= 4 is 15.9 Å². The lowest BCUT2D eigenvalue weighted by Gasteiger charge is -2.20. The van der Waals surface area contributed by atoms with Gasteiger partial charge in [-0.3, -0.25) is 0 Å². The van der Waals surface area contributed by atoms with Gasteiger partial charge in [-0.1, -0.05) is 41.9 Å². The van der Waals surface area contributed by atoms with Crippen molar-refractivity contribution in [1.82, 2.24) is 10.2 Å². The fraction of sp³-hybridized carbons (Fsp3) is 0.625.